The van der Waals surface area contributed by atoms with Crippen molar-refractivity contribution in [2.24, 2.45) is 5.41 Å². The van der Waals surface area contributed by atoms with Gasteiger partial charge in [0.05, 0.1) is 19.8 Å². The molecule has 2 aliphatic heterocycles. The van der Waals surface area contributed by atoms with E-state index >= 15 is 0 Å². The molecule has 0 aromatic heterocycles. The molecule has 268 valence electrons. The molecule has 0 radical (unpaired) electrons. The molecule has 7 N–H and O–H groups in total. The second-order valence-electron chi connectivity index (χ2n) is 13.8. The lowest BCUT2D eigenvalue weighted by molar-refractivity contribution is -0.358. The van der Waals surface area contributed by atoms with Crippen LogP contribution in [0.5, 0.6) is 0 Å². The lowest BCUT2D eigenvalue weighted by atomic mass is 9.72. The number of allylic oxidation sites excluding steroid dienone is 9. The van der Waals surface area contributed by atoms with E-state index < -0.39 is 74.6 Å². The van der Waals surface area contributed by atoms with Gasteiger partial charge >= 0.3 is 0 Å². The second kappa shape index (κ2) is 17.8. The van der Waals surface area contributed by atoms with Crippen molar-refractivity contribution < 1.29 is 54.7 Å². The Morgan fingerprint density at radius 3 is 1.89 bits per heavy atom. The predicted octanol–water partition coefficient (Wildman–Crippen LogP) is 2.72. The lowest BCUT2D eigenvalue weighted by Gasteiger charge is -2.45. The van der Waals surface area contributed by atoms with E-state index in [-0.39, 0.29) is 12.0 Å². The second-order valence-corrected chi connectivity index (χ2v) is 13.8. The van der Waals surface area contributed by atoms with Gasteiger partial charge < -0.3 is 54.7 Å². The maximum absolute atomic E-state index is 10.8. The summed E-state index contributed by atoms with van der Waals surface area (Å²) >= 11 is 0. The largest absolute Gasteiger partial charge is 0.394 e. The van der Waals surface area contributed by atoms with Gasteiger partial charge in [0.25, 0.3) is 0 Å². The molecule has 11 heteroatoms. The number of hydrogen-bond acceptors (Lipinski definition) is 11. The Labute approximate surface area is 279 Å². The Balaban J connectivity index is 1.52. The zero-order valence-electron chi connectivity index (χ0n) is 29.0. The molecule has 11 nitrogen and oxygen atoms in total. The van der Waals surface area contributed by atoms with Crippen LogP contribution >= 0.6 is 0 Å². The quantitative estimate of drug-likeness (QED) is 0.114. The van der Waals surface area contributed by atoms with Crippen LogP contribution in [0.1, 0.15) is 80.6 Å². The molecule has 2 saturated heterocycles. The van der Waals surface area contributed by atoms with Crippen LogP contribution in [0, 0.1) is 5.41 Å². The summed E-state index contributed by atoms with van der Waals surface area (Å²) in [6.45, 7) is 14.0. The van der Waals surface area contributed by atoms with E-state index in [4.69, 9.17) is 18.9 Å². The summed E-state index contributed by atoms with van der Waals surface area (Å²) in [6.07, 6.45) is -0.741. The van der Waals surface area contributed by atoms with Crippen LogP contribution in [-0.4, -0.2) is 117 Å². The van der Waals surface area contributed by atoms with E-state index in [0.717, 1.165) is 24.0 Å². The van der Waals surface area contributed by atoms with Crippen LogP contribution in [0.15, 0.2) is 57.7 Å². The summed E-state index contributed by atoms with van der Waals surface area (Å²) in [4.78, 5) is 0. The van der Waals surface area contributed by atoms with E-state index in [9.17, 15) is 35.7 Å². The van der Waals surface area contributed by atoms with Gasteiger partial charge in [-0.2, -0.15) is 0 Å². The van der Waals surface area contributed by atoms with Crippen molar-refractivity contribution in [1.82, 2.24) is 0 Å². The Hall–Kier alpha value is -1.74. The SMILES string of the molecule is CC1=C(/C=C(C)/C(C)=C/CC/C=C(C)/C(C)=C/COC2O[C@H](CO)[C@@H](O[C@H]3O[C@H](CO)[C@@H](O)C(O)[C@H]3O)C(O)[C@H]2O)C(C)(C)CCC1. The van der Waals surface area contributed by atoms with Crippen molar-refractivity contribution in [2.75, 3.05) is 19.8 Å². The maximum atomic E-state index is 10.8. The average molecular weight is 667 g/mol. The first-order valence-electron chi connectivity index (χ1n) is 16.7. The number of hydrogen-bond donors (Lipinski definition) is 7. The zero-order chi connectivity index (χ0) is 35.1. The average Bonchev–Trinajstić information content (AvgIpc) is 3.03. The third-order valence-corrected chi connectivity index (χ3v) is 9.83. The highest BCUT2D eigenvalue weighted by atomic mass is 16.7. The number of unbranched alkanes of at least 4 members (excludes halogenated alkanes) is 1. The highest BCUT2D eigenvalue weighted by Crippen LogP contribution is 2.41. The molecule has 0 aromatic rings. The number of aliphatic hydroxyl groups is 7. The monoisotopic (exact) mass is 666 g/mol. The van der Waals surface area contributed by atoms with Crippen LogP contribution < -0.4 is 0 Å². The number of rotatable bonds is 13. The molecule has 0 amide bonds. The molecule has 0 saturated carbocycles. The highest BCUT2D eigenvalue weighted by Gasteiger charge is 2.50. The van der Waals surface area contributed by atoms with E-state index in [1.165, 1.54) is 41.6 Å². The molecule has 0 spiro atoms. The molecular formula is C36H58O11. The zero-order valence-corrected chi connectivity index (χ0v) is 29.0. The summed E-state index contributed by atoms with van der Waals surface area (Å²) < 4.78 is 22.3. The molecule has 0 bridgehead atoms. The van der Waals surface area contributed by atoms with Gasteiger partial charge in [-0.25, -0.2) is 0 Å². The third-order valence-electron chi connectivity index (χ3n) is 9.83. The fraction of sp³-hybridized carbons (Fsp3) is 0.722. The topological polar surface area (TPSA) is 179 Å². The molecule has 47 heavy (non-hydrogen) atoms. The van der Waals surface area contributed by atoms with E-state index in [1.807, 2.05) is 19.9 Å². The van der Waals surface area contributed by atoms with E-state index in [2.05, 4.69) is 52.8 Å². The maximum Gasteiger partial charge on any atom is 0.187 e. The molecular weight excluding hydrogens is 608 g/mol. The molecule has 3 rings (SSSR count). The summed E-state index contributed by atoms with van der Waals surface area (Å²) in [7, 11) is 0. The predicted molar refractivity (Wildman–Crippen MR) is 177 cm³/mol. The Kier molecular flexibility index (Phi) is 15.0. The van der Waals surface area contributed by atoms with Crippen molar-refractivity contribution >= 4 is 0 Å². The minimum atomic E-state index is -1.73. The first-order chi connectivity index (χ1) is 22.1. The van der Waals surface area contributed by atoms with Gasteiger partial charge in [-0.05, 0) is 83.3 Å². The number of ether oxygens (including phenoxy) is 4. The van der Waals surface area contributed by atoms with Gasteiger partial charge in [-0.1, -0.05) is 60.4 Å². The minimum Gasteiger partial charge on any atom is -0.394 e. The van der Waals surface area contributed by atoms with Gasteiger partial charge in [0.15, 0.2) is 12.6 Å². The van der Waals surface area contributed by atoms with Crippen molar-refractivity contribution in [3.05, 3.63) is 57.7 Å². The van der Waals surface area contributed by atoms with Crippen LogP contribution in [0.3, 0.4) is 0 Å². The number of aliphatic hydroxyl groups excluding tert-OH is 7. The first kappa shape index (κ1) is 39.7. The van der Waals surface area contributed by atoms with Crippen LogP contribution in [0.2, 0.25) is 0 Å². The van der Waals surface area contributed by atoms with Gasteiger partial charge in [-0.15, -0.1) is 0 Å². The van der Waals surface area contributed by atoms with Crippen molar-refractivity contribution in [2.45, 2.75) is 142 Å². The fourth-order valence-electron chi connectivity index (χ4n) is 6.34. The molecule has 2 fully saturated rings. The third kappa shape index (κ3) is 10.1. The Morgan fingerprint density at radius 2 is 1.30 bits per heavy atom. The van der Waals surface area contributed by atoms with Gasteiger partial charge in [-0.3, -0.25) is 0 Å². The summed E-state index contributed by atoms with van der Waals surface area (Å²) in [5, 5.41) is 71.1. The normalized spacial score (nSPS) is 36.2. The molecule has 2 heterocycles. The minimum absolute atomic E-state index is 0.0659. The molecule has 0 aromatic carbocycles. The highest BCUT2D eigenvalue weighted by molar-refractivity contribution is 5.40. The fourth-order valence-corrected chi connectivity index (χ4v) is 6.34. The molecule has 3 aliphatic rings. The summed E-state index contributed by atoms with van der Waals surface area (Å²) in [6, 6.07) is 0. The first-order valence-corrected chi connectivity index (χ1v) is 16.7. The van der Waals surface area contributed by atoms with Gasteiger partial charge in [0.2, 0.25) is 0 Å². The molecule has 3 unspecified atom stereocenters. The van der Waals surface area contributed by atoms with Crippen LogP contribution in [-0.2, 0) is 18.9 Å². The van der Waals surface area contributed by atoms with Gasteiger partial charge in [0.1, 0.15) is 48.8 Å². The van der Waals surface area contributed by atoms with E-state index in [1.54, 1.807) is 0 Å². The molecule has 10 atom stereocenters. The van der Waals surface area contributed by atoms with Crippen molar-refractivity contribution in [3.63, 3.8) is 0 Å². The van der Waals surface area contributed by atoms with Crippen molar-refractivity contribution in [3.8, 4) is 0 Å². The lowest BCUT2D eigenvalue weighted by Crippen LogP contribution is -2.64. The van der Waals surface area contributed by atoms with Gasteiger partial charge in [0, 0.05) is 0 Å². The van der Waals surface area contributed by atoms with Crippen LogP contribution in [0.4, 0.5) is 0 Å². The summed E-state index contributed by atoms with van der Waals surface area (Å²) in [5.41, 5.74) is 7.84. The van der Waals surface area contributed by atoms with Crippen LogP contribution in [0.25, 0.3) is 0 Å². The Morgan fingerprint density at radius 1 is 0.745 bits per heavy atom. The van der Waals surface area contributed by atoms with Crippen molar-refractivity contribution in [1.29, 1.82) is 0 Å². The van der Waals surface area contributed by atoms with E-state index in [0.29, 0.717) is 0 Å². The Bertz CT molecular complexity index is 1180. The smallest absolute Gasteiger partial charge is 0.187 e. The molecule has 1 aliphatic carbocycles. The standard InChI is InChI=1S/C36H58O11/c1-20(11-8-9-12-21(2)24(5)17-25-23(4)13-10-15-36(25,6)7)22(3)14-16-44-34-32(43)30(41)33(27(19-38)46-34)47-35-31(42)29(40)28(39)26(18-37)45-35/h11-12,14,17,26-35,37-43H,8-10,13,15-16,18-19H2,1-7H3/b20-11+,21-12+,22-14+,24-17+/t26-,27-,28-,29?,30?,31-,32-,33-,34?,35-/m1/s1. The summed E-state index contributed by atoms with van der Waals surface area (Å²) in [5.74, 6) is 0.